The molecule has 0 aromatic carbocycles. The van der Waals surface area contributed by atoms with Crippen molar-refractivity contribution in [1.82, 2.24) is 35.6 Å². The minimum absolute atomic E-state index is 0.0233. The third-order valence-electron chi connectivity index (χ3n) is 5.05. The lowest BCUT2D eigenvalue weighted by atomic mass is 9.98. The van der Waals surface area contributed by atoms with Crippen LogP contribution in [0.4, 0.5) is 13.2 Å². The van der Waals surface area contributed by atoms with Crippen LogP contribution in [0.3, 0.4) is 0 Å². The lowest BCUT2D eigenvalue weighted by Gasteiger charge is -2.15. The highest BCUT2D eigenvalue weighted by Gasteiger charge is 2.44. The zero-order chi connectivity index (χ0) is 21.6. The lowest BCUT2D eigenvalue weighted by molar-refractivity contribution is -0.218. The Labute approximate surface area is 173 Å². The van der Waals surface area contributed by atoms with Crippen LogP contribution >= 0.6 is 11.6 Å². The van der Waals surface area contributed by atoms with E-state index in [9.17, 15) is 13.2 Å². The molecule has 1 saturated heterocycles. The van der Waals surface area contributed by atoms with E-state index in [-0.39, 0.29) is 17.6 Å². The van der Waals surface area contributed by atoms with E-state index in [1.807, 2.05) is 0 Å². The van der Waals surface area contributed by atoms with Crippen LogP contribution in [0.1, 0.15) is 23.4 Å². The van der Waals surface area contributed by atoms with Gasteiger partial charge in [-0.25, -0.2) is 9.97 Å². The van der Waals surface area contributed by atoms with Gasteiger partial charge in [0.15, 0.2) is 11.6 Å². The quantitative estimate of drug-likeness (QED) is 0.554. The van der Waals surface area contributed by atoms with Gasteiger partial charge >= 0.3 is 6.18 Å². The predicted molar refractivity (Wildman–Crippen MR) is 102 cm³/mol. The van der Waals surface area contributed by atoms with Crippen LogP contribution in [0.15, 0.2) is 6.07 Å². The number of pyridine rings is 1. The molecule has 0 spiro atoms. The van der Waals surface area contributed by atoms with E-state index in [2.05, 4.69) is 35.8 Å². The number of aromatic amines is 1. The summed E-state index contributed by atoms with van der Waals surface area (Å²) in [5.41, 5.74) is 8.73. The van der Waals surface area contributed by atoms with Crippen molar-refractivity contribution < 1.29 is 22.6 Å². The van der Waals surface area contributed by atoms with Crippen LogP contribution in [0.5, 0.6) is 5.88 Å². The SMILES string of the molecule is COc1nc2c(C3CNNC3)c(-c3n[nH]c(C(OC)C(F)(F)F)n3)n(C)c2cc1Cl. The third-order valence-corrected chi connectivity index (χ3v) is 5.32. The Hall–Kier alpha value is -2.41. The van der Waals surface area contributed by atoms with Gasteiger partial charge in [-0.2, -0.15) is 18.3 Å². The largest absolute Gasteiger partial charge is 0.480 e. The first-order valence-corrected chi connectivity index (χ1v) is 9.34. The van der Waals surface area contributed by atoms with E-state index in [0.29, 0.717) is 34.8 Å². The maximum atomic E-state index is 13.2. The highest BCUT2D eigenvalue weighted by atomic mass is 35.5. The van der Waals surface area contributed by atoms with Crippen molar-refractivity contribution in [3.8, 4) is 17.4 Å². The number of nitrogens with one attached hydrogen (secondary N) is 3. The number of hydrogen-bond donors (Lipinski definition) is 3. The van der Waals surface area contributed by atoms with Crippen LogP contribution in [0.2, 0.25) is 5.02 Å². The Bertz CT molecular complexity index is 1080. The molecule has 1 aliphatic heterocycles. The normalized spacial score (nSPS) is 16.5. The summed E-state index contributed by atoms with van der Waals surface area (Å²) >= 11 is 6.25. The van der Waals surface area contributed by atoms with Gasteiger partial charge in [0.25, 0.3) is 0 Å². The van der Waals surface area contributed by atoms with Gasteiger partial charge in [-0.05, 0) is 6.07 Å². The van der Waals surface area contributed by atoms with Crippen LogP contribution in [0, 0.1) is 0 Å². The number of aryl methyl sites for hydroxylation is 1. The molecule has 3 N–H and O–H groups in total. The number of fused-ring (bicyclic) bond motifs is 1. The molecule has 13 heteroatoms. The minimum Gasteiger partial charge on any atom is -0.480 e. The average Bonchev–Trinajstić information content (AvgIpc) is 3.41. The molecule has 0 aliphatic carbocycles. The maximum absolute atomic E-state index is 13.2. The second-order valence-corrected chi connectivity index (χ2v) is 7.24. The van der Waals surface area contributed by atoms with Gasteiger partial charge in [0, 0.05) is 38.7 Å². The number of ether oxygens (including phenoxy) is 2. The summed E-state index contributed by atoms with van der Waals surface area (Å²) in [6.07, 6.45) is -6.84. The number of methoxy groups -OCH3 is 2. The zero-order valence-electron chi connectivity index (χ0n) is 16.3. The molecule has 0 bridgehead atoms. The molecule has 30 heavy (non-hydrogen) atoms. The van der Waals surface area contributed by atoms with E-state index in [0.717, 1.165) is 12.7 Å². The molecule has 1 atom stereocenters. The summed E-state index contributed by atoms with van der Waals surface area (Å²) < 4.78 is 51.3. The fourth-order valence-electron chi connectivity index (χ4n) is 3.69. The van der Waals surface area contributed by atoms with Crippen LogP contribution in [0.25, 0.3) is 22.6 Å². The molecular weight excluding hydrogens is 427 g/mol. The van der Waals surface area contributed by atoms with Crippen molar-refractivity contribution in [2.45, 2.75) is 18.2 Å². The molecule has 0 amide bonds. The highest BCUT2D eigenvalue weighted by molar-refractivity contribution is 6.32. The van der Waals surface area contributed by atoms with Crippen molar-refractivity contribution >= 4 is 22.6 Å². The Morgan fingerprint density at radius 3 is 2.53 bits per heavy atom. The molecule has 0 saturated carbocycles. The van der Waals surface area contributed by atoms with Crippen LogP contribution < -0.4 is 15.6 Å². The molecule has 1 unspecified atom stereocenters. The van der Waals surface area contributed by atoms with Crippen LogP contribution in [-0.4, -0.2) is 58.2 Å². The van der Waals surface area contributed by atoms with Crippen molar-refractivity contribution in [3.63, 3.8) is 0 Å². The summed E-state index contributed by atoms with van der Waals surface area (Å²) in [7, 11) is 4.19. The lowest BCUT2D eigenvalue weighted by Crippen LogP contribution is -2.23. The molecule has 4 rings (SSSR count). The van der Waals surface area contributed by atoms with Gasteiger partial charge < -0.3 is 14.0 Å². The first-order chi connectivity index (χ1) is 14.3. The predicted octanol–water partition coefficient (Wildman–Crippen LogP) is 2.46. The molecule has 4 heterocycles. The Balaban J connectivity index is 1.92. The topological polar surface area (TPSA) is 102 Å². The van der Waals surface area contributed by atoms with Crippen molar-refractivity contribution in [2.24, 2.45) is 7.05 Å². The second kappa shape index (κ2) is 7.69. The number of H-pyrrole nitrogens is 1. The number of alkyl halides is 3. The summed E-state index contributed by atoms with van der Waals surface area (Å²) in [6.45, 7) is 1.19. The molecule has 1 fully saturated rings. The molecule has 162 valence electrons. The molecular formula is C17H19ClF3N7O2. The minimum atomic E-state index is -4.63. The highest BCUT2D eigenvalue weighted by Crippen LogP contribution is 2.40. The number of hydrogen-bond acceptors (Lipinski definition) is 7. The van der Waals surface area contributed by atoms with Gasteiger partial charge in [0.2, 0.25) is 12.0 Å². The summed E-state index contributed by atoms with van der Waals surface area (Å²) in [6, 6.07) is 1.70. The van der Waals surface area contributed by atoms with E-state index in [1.54, 1.807) is 17.7 Å². The number of aromatic nitrogens is 5. The van der Waals surface area contributed by atoms with Gasteiger partial charge in [0.1, 0.15) is 5.02 Å². The molecule has 0 radical (unpaired) electrons. The monoisotopic (exact) mass is 445 g/mol. The molecule has 3 aromatic rings. The van der Waals surface area contributed by atoms with Crippen molar-refractivity contribution in [1.29, 1.82) is 0 Å². The Morgan fingerprint density at radius 1 is 1.23 bits per heavy atom. The third kappa shape index (κ3) is 3.39. The molecule has 1 aliphatic rings. The number of nitrogens with zero attached hydrogens (tertiary/aromatic N) is 4. The Morgan fingerprint density at radius 2 is 1.93 bits per heavy atom. The van der Waals surface area contributed by atoms with Crippen molar-refractivity contribution in [2.75, 3.05) is 27.3 Å². The number of rotatable bonds is 5. The fourth-order valence-corrected chi connectivity index (χ4v) is 3.92. The second-order valence-electron chi connectivity index (χ2n) is 6.83. The summed E-state index contributed by atoms with van der Waals surface area (Å²) in [4.78, 5) is 8.65. The first kappa shape index (κ1) is 20.8. The average molecular weight is 446 g/mol. The Kier molecular flexibility index (Phi) is 5.34. The fraction of sp³-hybridized carbons (Fsp3) is 0.471. The number of hydrazine groups is 1. The van der Waals surface area contributed by atoms with E-state index < -0.39 is 18.1 Å². The van der Waals surface area contributed by atoms with E-state index in [1.165, 1.54) is 7.11 Å². The van der Waals surface area contributed by atoms with E-state index >= 15 is 0 Å². The molecule has 3 aromatic heterocycles. The van der Waals surface area contributed by atoms with Crippen LogP contribution in [-0.2, 0) is 11.8 Å². The first-order valence-electron chi connectivity index (χ1n) is 8.97. The zero-order valence-corrected chi connectivity index (χ0v) is 17.0. The van der Waals surface area contributed by atoms with Gasteiger partial charge in [-0.15, -0.1) is 0 Å². The summed E-state index contributed by atoms with van der Waals surface area (Å²) in [5, 5.41) is 6.73. The van der Waals surface area contributed by atoms with Gasteiger partial charge in [-0.3, -0.25) is 16.0 Å². The van der Waals surface area contributed by atoms with Gasteiger partial charge in [0.05, 0.1) is 23.8 Å². The van der Waals surface area contributed by atoms with E-state index in [4.69, 9.17) is 16.3 Å². The standard InChI is InChI=1S/C17H19ClF3N7O2/c1-28-9-4-8(18)16(30-3)24-11(9)10(7-5-22-23-6-7)12(28)14-25-15(27-26-14)13(29-2)17(19,20)21/h4,7,13,22-23H,5-6H2,1-3H3,(H,25,26,27). The summed E-state index contributed by atoms with van der Waals surface area (Å²) in [5.74, 6) is -0.0882. The number of halogens is 4. The maximum Gasteiger partial charge on any atom is 0.421 e. The van der Waals surface area contributed by atoms with Gasteiger partial charge in [-0.1, -0.05) is 11.6 Å². The van der Waals surface area contributed by atoms with Crippen molar-refractivity contribution in [3.05, 3.63) is 22.5 Å². The molecule has 9 nitrogen and oxygen atoms in total. The smallest absolute Gasteiger partial charge is 0.421 e.